The Morgan fingerprint density at radius 3 is 2.81 bits per heavy atom. The zero-order valence-electron chi connectivity index (χ0n) is 8.90. The van der Waals surface area contributed by atoms with Crippen molar-refractivity contribution in [1.82, 2.24) is 0 Å². The van der Waals surface area contributed by atoms with Gasteiger partial charge in [0.1, 0.15) is 0 Å². The molecule has 0 bridgehead atoms. The zero-order valence-corrected chi connectivity index (χ0v) is 9.66. The number of carbonyl (C=O) groups is 1. The van der Waals surface area contributed by atoms with Crippen LogP contribution in [0.5, 0.6) is 0 Å². The molecule has 1 rings (SSSR count). The van der Waals surface area contributed by atoms with Gasteiger partial charge in [0.15, 0.2) is 0 Å². The largest absolute Gasteiger partial charge is 0.478 e. The fourth-order valence-corrected chi connectivity index (χ4v) is 1.37. The lowest BCUT2D eigenvalue weighted by molar-refractivity contribution is 0.0698. The van der Waals surface area contributed by atoms with Crippen LogP contribution in [0.2, 0.25) is 5.02 Å². The summed E-state index contributed by atoms with van der Waals surface area (Å²) in [6.07, 6.45) is 0. The minimum Gasteiger partial charge on any atom is -0.478 e. The molecular formula is C11H14ClNO3. The number of carboxylic acids is 1. The highest BCUT2D eigenvalue weighted by atomic mass is 35.5. The average molecular weight is 244 g/mol. The number of hydrogen-bond acceptors (Lipinski definition) is 3. The molecule has 0 aromatic heterocycles. The third-order valence-electron chi connectivity index (χ3n) is 2.16. The van der Waals surface area contributed by atoms with E-state index in [2.05, 4.69) is 5.32 Å². The molecule has 0 aliphatic rings. The van der Waals surface area contributed by atoms with E-state index in [0.29, 0.717) is 17.3 Å². The van der Waals surface area contributed by atoms with Crippen LogP contribution < -0.4 is 5.32 Å². The summed E-state index contributed by atoms with van der Waals surface area (Å²) in [5.41, 5.74) is 0.648. The topological polar surface area (TPSA) is 69.6 Å². The molecule has 0 heterocycles. The van der Waals surface area contributed by atoms with Crippen LogP contribution in [0.15, 0.2) is 18.2 Å². The third-order valence-corrected chi connectivity index (χ3v) is 2.40. The molecule has 3 N–H and O–H groups in total. The summed E-state index contributed by atoms with van der Waals surface area (Å²) in [7, 11) is 0. The van der Waals surface area contributed by atoms with Gasteiger partial charge >= 0.3 is 5.97 Å². The Bertz CT molecular complexity index is 381. The van der Waals surface area contributed by atoms with Crippen molar-refractivity contribution >= 4 is 23.3 Å². The number of aromatic carboxylic acids is 1. The van der Waals surface area contributed by atoms with E-state index in [-0.39, 0.29) is 18.1 Å². The van der Waals surface area contributed by atoms with E-state index in [9.17, 15) is 4.79 Å². The van der Waals surface area contributed by atoms with Gasteiger partial charge in [-0.25, -0.2) is 4.79 Å². The number of hydrogen-bond donors (Lipinski definition) is 3. The lowest BCUT2D eigenvalue weighted by Crippen LogP contribution is -2.16. The van der Waals surface area contributed by atoms with Crippen molar-refractivity contribution in [3.8, 4) is 0 Å². The first kappa shape index (κ1) is 12.8. The second-order valence-electron chi connectivity index (χ2n) is 3.66. The van der Waals surface area contributed by atoms with Crippen LogP contribution >= 0.6 is 11.6 Å². The van der Waals surface area contributed by atoms with Crippen molar-refractivity contribution in [3.63, 3.8) is 0 Å². The van der Waals surface area contributed by atoms with Gasteiger partial charge in [0.25, 0.3) is 0 Å². The van der Waals surface area contributed by atoms with Crippen LogP contribution in [0.1, 0.15) is 17.3 Å². The Hall–Kier alpha value is -1.26. The normalized spacial score (nSPS) is 12.2. The fourth-order valence-electron chi connectivity index (χ4n) is 1.20. The molecular weight excluding hydrogens is 230 g/mol. The molecule has 88 valence electrons. The van der Waals surface area contributed by atoms with E-state index in [4.69, 9.17) is 21.8 Å². The summed E-state index contributed by atoms with van der Waals surface area (Å²) in [6, 6.07) is 4.64. The number of aliphatic hydroxyl groups is 1. The standard InChI is InChI=1S/C11H14ClNO3/c1-7(6-14)5-13-10-3-2-8(12)4-9(10)11(15)16/h2-4,7,13-14H,5-6H2,1H3,(H,15,16). The van der Waals surface area contributed by atoms with Gasteiger partial charge in [-0.2, -0.15) is 0 Å². The molecule has 5 heteroatoms. The average Bonchev–Trinajstić information content (AvgIpc) is 2.26. The Morgan fingerprint density at radius 1 is 1.56 bits per heavy atom. The third kappa shape index (κ3) is 3.40. The first-order valence-corrected chi connectivity index (χ1v) is 5.30. The number of nitrogens with one attached hydrogen (secondary N) is 1. The van der Waals surface area contributed by atoms with Gasteiger partial charge in [0, 0.05) is 23.9 Å². The van der Waals surface area contributed by atoms with E-state index in [0.717, 1.165) is 0 Å². The lowest BCUT2D eigenvalue weighted by atomic mass is 10.1. The Balaban J connectivity index is 2.82. The van der Waals surface area contributed by atoms with E-state index in [1.165, 1.54) is 6.07 Å². The van der Waals surface area contributed by atoms with Crippen LogP contribution in [0, 0.1) is 5.92 Å². The molecule has 0 fully saturated rings. The number of aliphatic hydroxyl groups excluding tert-OH is 1. The second-order valence-corrected chi connectivity index (χ2v) is 4.10. The Morgan fingerprint density at radius 2 is 2.25 bits per heavy atom. The van der Waals surface area contributed by atoms with Gasteiger partial charge in [0.05, 0.1) is 5.56 Å². The van der Waals surface area contributed by atoms with Gasteiger partial charge in [-0.1, -0.05) is 18.5 Å². The second kappa shape index (κ2) is 5.72. The molecule has 4 nitrogen and oxygen atoms in total. The summed E-state index contributed by atoms with van der Waals surface area (Å²) in [5.74, 6) is -0.959. The predicted molar refractivity (Wildman–Crippen MR) is 63.2 cm³/mol. The molecule has 0 amide bonds. The minimum absolute atomic E-state index is 0.0585. The highest BCUT2D eigenvalue weighted by Gasteiger charge is 2.11. The maximum Gasteiger partial charge on any atom is 0.337 e. The number of anilines is 1. The summed E-state index contributed by atoms with van der Waals surface area (Å²) < 4.78 is 0. The van der Waals surface area contributed by atoms with E-state index >= 15 is 0 Å². The zero-order chi connectivity index (χ0) is 12.1. The first-order chi connectivity index (χ1) is 7.54. The predicted octanol–water partition coefficient (Wildman–Crippen LogP) is 2.08. The fraction of sp³-hybridized carbons (Fsp3) is 0.364. The van der Waals surface area contributed by atoms with Crippen LogP contribution in [-0.4, -0.2) is 29.3 Å². The van der Waals surface area contributed by atoms with E-state index < -0.39 is 5.97 Å². The van der Waals surface area contributed by atoms with Gasteiger partial charge in [0.2, 0.25) is 0 Å². The number of rotatable bonds is 5. The molecule has 0 aliphatic carbocycles. The van der Waals surface area contributed by atoms with Gasteiger partial charge < -0.3 is 15.5 Å². The molecule has 1 aromatic carbocycles. The maximum absolute atomic E-state index is 10.9. The maximum atomic E-state index is 10.9. The molecule has 1 unspecified atom stereocenters. The van der Waals surface area contributed by atoms with Crippen molar-refractivity contribution in [2.75, 3.05) is 18.5 Å². The van der Waals surface area contributed by atoms with Crippen molar-refractivity contribution in [2.45, 2.75) is 6.92 Å². The molecule has 0 radical (unpaired) electrons. The lowest BCUT2D eigenvalue weighted by Gasteiger charge is -2.13. The molecule has 1 aromatic rings. The van der Waals surface area contributed by atoms with Crippen molar-refractivity contribution < 1.29 is 15.0 Å². The van der Waals surface area contributed by atoms with E-state index in [1.807, 2.05) is 6.92 Å². The highest BCUT2D eigenvalue weighted by molar-refractivity contribution is 6.31. The first-order valence-electron chi connectivity index (χ1n) is 4.92. The molecule has 0 spiro atoms. The SMILES string of the molecule is CC(CO)CNc1ccc(Cl)cc1C(=O)O. The van der Waals surface area contributed by atoms with Gasteiger partial charge in [-0.3, -0.25) is 0 Å². The smallest absolute Gasteiger partial charge is 0.337 e. The molecule has 16 heavy (non-hydrogen) atoms. The quantitative estimate of drug-likeness (QED) is 0.741. The molecule has 1 atom stereocenters. The summed E-state index contributed by atoms with van der Waals surface area (Å²) in [5, 5.41) is 21.2. The highest BCUT2D eigenvalue weighted by Crippen LogP contribution is 2.20. The number of halogens is 1. The monoisotopic (exact) mass is 243 g/mol. The van der Waals surface area contributed by atoms with E-state index in [1.54, 1.807) is 12.1 Å². The molecule has 0 saturated heterocycles. The van der Waals surface area contributed by atoms with Crippen molar-refractivity contribution in [2.24, 2.45) is 5.92 Å². The molecule has 0 saturated carbocycles. The van der Waals surface area contributed by atoms with Crippen LogP contribution in [0.4, 0.5) is 5.69 Å². The van der Waals surface area contributed by atoms with Crippen LogP contribution in [-0.2, 0) is 0 Å². The number of benzene rings is 1. The Kier molecular flexibility index (Phi) is 4.58. The summed E-state index contributed by atoms with van der Waals surface area (Å²) in [4.78, 5) is 10.9. The van der Waals surface area contributed by atoms with Crippen molar-refractivity contribution in [1.29, 1.82) is 0 Å². The Labute approximate surface area is 98.9 Å². The number of carboxylic acid groups (broad SMARTS) is 1. The van der Waals surface area contributed by atoms with Gasteiger partial charge in [-0.05, 0) is 24.1 Å². The summed E-state index contributed by atoms with van der Waals surface area (Å²) in [6.45, 7) is 2.44. The van der Waals surface area contributed by atoms with Crippen LogP contribution in [0.25, 0.3) is 0 Å². The molecule has 0 aliphatic heterocycles. The minimum atomic E-state index is -1.03. The van der Waals surface area contributed by atoms with Gasteiger partial charge in [-0.15, -0.1) is 0 Å². The van der Waals surface area contributed by atoms with Crippen molar-refractivity contribution in [3.05, 3.63) is 28.8 Å². The summed E-state index contributed by atoms with van der Waals surface area (Å²) >= 11 is 5.72. The van der Waals surface area contributed by atoms with Crippen LogP contribution in [0.3, 0.4) is 0 Å².